The van der Waals surface area contributed by atoms with Crippen LogP contribution in [-0.4, -0.2) is 43.3 Å². The molecule has 7 heteroatoms. The average molecular weight is 320 g/mol. The van der Waals surface area contributed by atoms with Crippen LogP contribution in [-0.2, 0) is 19.1 Å². The number of epoxide rings is 2. The zero-order valence-electron chi connectivity index (χ0n) is 12.8. The molecule has 0 aliphatic carbocycles. The van der Waals surface area contributed by atoms with Crippen molar-refractivity contribution in [2.24, 2.45) is 10.8 Å². The van der Waals surface area contributed by atoms with Gasteiger partial charge in [0, 0.05) is 5.41 Å². The van der Waals surface area contributed by atoms with Crippen LogP contribution < -0.4 is 10.6 Å². The molecule has 2 atom stereocenters. The Morgan fingerprint density at radius 1 is 1.09 bits per heavy atom. The number of barbiturate groups is 1. The van der Waals surface area contributed by atoms with Crippen LogP contribution in [0.5, 0.6) is 0 Å². The van der Waals surface area contributed by atoms with Crippen molar-refractivity contribution >= 4 is 17.8 Å². The third-order valence-electron chi connectivity index (χ3n) is 4.91. The topological polar surface area (TPSA) is 100 Å². The van der Waals surface area contributed by atoms with Crippen LogP contribution in [0.2, 0.25) is 0 Å². The normalized spacial score (nSPS) is 30.7. The number of urea groups is 1. The molecule has 3 aliphatic rings. The smallest absolute Gasteiger partial charge is 0.328 e. The molecule has 0 aromatic heterocycles. The maximum absolute atomic E-state index is 12.8. The van der Waals surface area contributed by atoms with Crippen LogP contribution in [0.4, 0.5) is 4.79 Å². The summed E-state index contributed by atoms with van der Waals surface area (Å²) in [4.78, 5) is 37.0. The van der Waals surface area contributed by atoms with E-state index in [0.717, 1.165) is 0 Å². The Labute approximate surface area is 134 Å². The molecule has 4 amide bonds. The van der Waals surface area contributed by atoms with E-state index in [1.54, 1.807) is 6.08 Å². The number of imide groups is 2. The van der Waals surface area contributed by atoms with Gasteiger partial charge in [0.25, 0.3) is 0 Å². The first-order valence-electron chi connectivity index (χ1n) is 7.62. The van der Waals surface area contributed by atoms with Crippen LogP contribution in [0.15, 0.2) is 25.3 Å². The van der Waals surface area contributed by atoms with E-state index >= 15 is 0 Å². The number of carbonyl (C=O) groups is 3. The molecule has 3 saturated heterocycles. The quantitative estimate of drug-likeness (QED) is 0.389. The van der Waals surface area contributed by atoms with Crippen LogP contribution in [0.1, 0.15) is 19.3 Å². The average Bonchev–Trinajstić information content (AvgIpc) is 3.38. The molecule has 0 aromatic carbocycles. The highest BCUT2D eigenvalue weighted by molar-refractivity contribution is 6.20. The molecule has 23 heavy (non-hydrogen) atoms. The SMILES string of the molecule is C=CCC1(C(C=C)(CC2CO2)CC2CO2)C(=O)NC(=O)NC1=O. The Balaban J connectivity index is 2.07. The molecule has 7 nitrogen and oxygen atoms in total. The van der Waals surface area contributed by atoms with Crippen molar-refractivity contribution in [3.8, 4) is 0 Å². The zero-order valence-corrected chi connectivity index (χ0v) is 12.8. The number of hydrogen-bond acceptors (Lipinski definition) is 5. The van der Waals surface area contributed by atoms with E-state index in [0.29, 0.717) is 26.1 Å². The van der Waals surface area contributed by atoms with E-state index in [2.05, 4.69) is 23.8 Å². The highest BCUT2D eigenvalue weighted by Crippen LogP contribution is 2.54. The first-order chi connectivity index (χ1) is 11.0. The van der Waals surface area contributed by atoms with Crippen LogP contribution in [0, 0.1) is 10.8 Å². The third kappa shape index (κ3) is 2.60. The van der Waals surface area contributed by atoms with Gasteiger partial charge in [-0.15, -0.1) is 13.2 Å². The lowest BCUT2D eigenvalue weighted by Gasteiger charge is -2.47. The Hall–Kier alpha value is -1.99. The third-order valence-corrected chi connectivity index (χ3v) is 4.91. The Bertz CT molecular complexity index is 543. The highest BCUT2D eigenvalue weighted by atomic mass is 16.6. The van der Waals surface area contributed by atoms with Gasteiger partial charge in [-0.25, -0.2) is 4.79 Å². The molecule has 0 bridgehead atoms. The van der Waals surface area contributed by atoms with E-state index in [1.807, 2.05) is 0 Å². The number of carbonyl (C=O) groups excluding carboxylic acids is 3. The summed E-state index contributed by atoms with van der Waals surface area (Å²) in [6, 6.07) is -0.803. The molecule has 0 aromatic rings. The van der Waals surface area contributed by atoms with Gasteiger partial charge in [0.15, 0.2) is 0 Å². The minimum Gasteiger partial charge on any atom is -0.373 e. The van der Waals surface area contributed by atoms with Crippen LogP contribution in [0.25, 0.3) is 0 Å². The second kappa shape index (κ2) is 5.58. The van der Waals surface area contributed by atoms with Gasteiger partial charge in [0.2, 0.25) is 11.8 Å². The molecule has 3 aliphatic heterocycles. The summed E-state index contributed by atoms with van der Waals surface area (Å²) >= 11 is 0. The lowest BCUT2D eigenvalue weighted by molar-refractivity contribution is -0.153. The Morgan fingerprint density at radius 2 is 1.57 bits per heavy atom. The molecule has 3 heterocycles. The van der Waals surface area contributed by atoms with Crippen molar-refractivity contribution in [3.05, 3.63) is 25.3 Å². The fraction of sp³-hybridized carbons (Fsp3) is 0.562. The molecule has 0 saturated carbocycles. The van der Waals surface area contributed by atoms with Crippen molar-refractivity contribution in [2.75, 3.05) is 13.2 Å². The van der Waals surface area contributed by atoms with E-state index < -0.39 is 28.7 Å². The van der Waals surface area contributed by atoms with Crippen LogP contribution >= 0.6 is 0 Å². The van der Waals surface area contributed by atoms with E-state index in [1.165, 1.54) is 6.08 Å². The predicted molar refractivity (Wildman–Crippen MR) is 80.3 cm³/mol. The van der Waals surface area contributed by atoms with Gasteiger partial charge in [0.05, 0.1) is 25.4 Å². The number of hydrogen-bond donors (Lipinski definition) is 2. The van der Waals surface area contributed by atoms with Gasteiger partial charge in [-0.3, -0.25) is 20.2 Å². The summed E-state index contributed by atoms with van der Waals surface area (Å²) in [6.07, 6.45) is 4.17. The van der Waals surface area contributed by atoms with Gasteiger partial charge in [-0.2, -0.15) is 0 Å². The van der Waals surface area contributed by atoms with Crippen molar-refractivity contribution in [3.63, 3.8) is 0 Å². The van der Waals surface area contributed by atoms with E-state index in [9.17, 15) is 14.4 Å². The molecular weight excluding hydrogens is 300 g/mol. The first kappa shape index (κ1) is 15.9. The number of amides is 4. The predicted octanol–water partition coefficient (Wildman–Crippen LogP) is 0.665. The number of nitrogens with one attached hydrogen (secondary N) is 2. The van der Waals surface area contributed by atoms with E-state index in [4.69, 9.17) is 9.47 Å². The highest BCUT2D eigenvalue weighted by Gasteiger charge is 2.63. The maximum atomic E-state index is 12.8. The summed E-state index contributed by atoms with van der Waals surface area (Å²) < 4.78 is 10.7. The number of ether oxygens (including phenoxy) is 2. The number of allylic oxidation sites excluding steroid dienone is 2. The molecule has 124 valence electrons. The standard InChI is InChI=1S/C16H20N2O5/c1-3-5-16(12(19)17-14(21)18-13(16)20)15(4-2,6-10-8-22-10)7-11-9-23-11/h3-4,10-11H,1-2,5-9H2,(H2,17,18,19,20,21). The summed E-state index contributed by atoms with van der Waals surface area (Å²) in [7, 11) is 0. The van der Waals surface area contributed by atoms with Crippen LogP contribution in [0.3, 0.4) is 0 Å². The minimum absolute atomic E-state index is 0.0216. The van der Waals surface area contributed by atoms with Crippen molar-refractivity contribution < 1.29 is 23.9 Å². The fourth-order valence-electron chi connectivity index (χ4n) is 3.57. The fourth-order valence-corrected chi connectivity index (χ4v) is 3.57. The zero-order chi connectivity index (χ0) is 16.7. The lowest BCUT2D eigenvalue weighted by atomic mass is 9.56. The first-order valence-corrected chi connectivity index (χ1v) is 7.62. The van der Waals surface area contributed by atoms with E-state index in [-0.39, 0.29) is 18.6 Å². The molecule has 3 fully saturated rings. The maximum Gasteiger partial charge on any atom is 0.328 e. The Morgan fingerprint density at radius 3 is 1.91 bits per heavy atom. The van der Waals surface area contributed by atoms with Crippen molar-refractivity contribution in [1.82, 2.24) is 10.6 Å². The molecule has 0 radical (unpaired) electrons. The molecule has 2 N–H and O–H groups in total. The van der Waals surface area contributed by atoms with Crippen molar-refractivity contribution in [1.29, 1.82) is 0 Å². The largest absolute Gasteiger partial charge is 0.373 e. The molecule has 3 rings (SSSR count). The van der Waals surface area contributed by atoms with Crippen molar-refractivity contribution in [2.45, 2.75) is 31.5 Å². The Kier molecular flexibility index (Phi) is 3.85. The summed E-state index contributed by atoms with van der Waals surface area (Å²) in [6.45, 7) is 8.76. The lowest BCUT2D eigenvalue weighted by Crippen LogP contribution is -2.68. The second-order valence-corrected chi connectivity index (χ2v) is 6.31. The summed E-state index contributed by atoms with van der Waals surface area (Å²) in [5.74, 6) is -1.24. The van der Waals surface area contributed by atoms with Gasteiger partial charge >= 0.3 is 6.03 Å². The number of rotatable bonds is 8. The van der Waals surface area contributed by atoms with Gasteiger partial charge < -0.3 is 9.47 Å². The second-order valence-electron chi connectivity index (χ2n) is 6.31. The molecular formula is C16H20N2O5. The van der Waals surface area contributed by atoms with Gasteiger partial charge in [-0.05, 0) is 19.3 Å². The molecule has 0 spiro atoms. The van der Waals surface area contributed by atoms with Gasteiger partial charge in [-0.1, -0.05) is 12.2 Å². The minimum atomic E-state index is -1.48. The molecule has 2 unspecified atom stereocenters. The monoisotopic (exact) mass is 320 g/mol. The summed E-state index contributed by atoms with van der Waals surface area (Å²) in [5.41, 5.74) is -2.36. The van der Waals surface area contributed by atoms with Gasteiger partial charge in [0.1, 0.15) is 5.41 Å². The summed E-state index contributed by atoms with van der Waals surface area (Å²) in [5, 5.41) is 4.45.